The lowest BCUT2D eigenvalue weighted by Gasteiger charge is -2.25. The fourth-order valence-corrected chi connectivity index (χ4v) is 1.76. The third-order valence-corrected chi connectivity index (χ3v) is 2.66. The molecule has 0 spiro atoms. The summed E-state index contributed by atoms with van der Waals surface area (Å²) in [6.07, 6.45) is 0.905. The molecule has 3 nitrogen and oxygen atoms in total. The molecule has 1 aromatic rings. The first-order valence-electron chi connectivity index (χ1n) is 5.53. The topological polar surface area (TPSA) is 47.3 Å². The first-order valence-corrected chi connectivity index (χ1v) is 5.53. The van der Waals surface area contributed by atoms with Gasteiger partial charge in [0.1, 0.15) is 0 Å². The molecule has 1 rings (SSSR count). The zero-order valence-electron chi connectivity index (χ0n) is 9.63. The van der Waals surface area contributed by atoms with Crippen LogP contribution in [0.25, 0.3) is 0 Å². The van der Waals surface area contributed by atoms with Gasteiger partial charge in [0.2, 0.25) is 0 Å². The van der Waals surface area contributed by atoms with Gasteiger partial charge in [0.15, 0.2) is 0 Å². The highest BCUT2D eigenvalue weighted by Gasteiger charge is 2.12. The van der Waals surface area contributed by atoms with E-state index >= 15 is 0 Å². The van der Waals surface area contributed by atoms with Gasteiger partial charge in [-0.05, 0) is 18.9 Å². The molecular weight excluding hydrogens is 200 g/mol. The van der Waals surface area contributed by atoms with Gasteiger partial charge in [-0.2, -0.15) is 5.26 Å². The van der Waals surface area contributed by atoms with Gasteiger partial charge in [-0.15, -0.1) is 0 Å². The lowest BCUT2D eigenvalue weighted by atomic mass is 10.1. The minimum atomic E-state index is 0.0980. The van der Waals surface area contributed by atoms with E-state index in [1.807, 2.05) is 23.1 Å². The lowest BCUT2D eigenvalue weighted by molar-refractivity contribution is 0.173. The Morgan fingerprint density at radius 1 is 1.38 bits per heavy atom. The Labute approximate surface area is 96.9 Å². The Bertz CT molecular complexity index is 332. The molecule has 0 aromatic heterocycles. The summed E-state index contributed by atoms with van der Waals surface area (Å²) >= 11 is 0. The number of benzene rings is 1. The van der Waals surface area contributed by atoms with E-state index in [0.29, 0.717) is 13.1 Å². The summed E-state index contributed by atoms with van der Waals surface area (Å²) in [6, 6.07) is 12.6. The number of aliphatic hydroxyl groups is 1. The van der Waals surface area contributed by atoms with Crippen molar-refractivity contribution in [2.45, 2.75) is 19.4 Å². The SMILES string of the molecule is C[C@H](Cc1ccccc1)N(CC#N)CCO. The van der Waals surface area contributed by atoms with Gasteiger partial charge in [0, 0.05) is 12.6 Å². The Morgan fingerprint density at radius 2 is 2.06 bits per heavy atom. The van der Waals surface area contributed by atoms with Gasteiger partial charge in [-0.25, -0.2) is 0 Å². The molecule has 0 bridgehead atoms. The van der Waals surface area contributed by atoms with E-state index in [9.17, 15) is 0 Å². The van der Waals surface area contributed by atoms with Crippen molar-refractivity contribution in [1.82, 2.24) is 4.90 Å². The molecule has 0 fully saturated rings. The molecule has 86 valence electrons. The van der Waals surface area contributed by atoms with Crippen LogP contribution in [0.2, 0.25) is 0 Å². The highest BCUT2D eigenvalue weighted by atomic mass is 16.3. The number of hydrogen-bond acceptors (Lipinski definition) is 3. The van der Waals surface area contributed by atoms with Crippen LogP contribution in [0.5, 0.6) is 0 Å². The number of rotatable bonds is 6. The molecule has 1 atom stereocenters. The molecule has 0 aliphatic rings. The van der Waals surface area contributed by atoms with Crippen molar-refractivity contribution in [3.63, 3.8) is 0 Å². The molecule has 0 amide bonds. The van der Waals surface area contributed by atoms with Crippen LogP contribution in [-0.4, -0.2) is 35.7 Å². The maximum atomic E-state index is 8.93. The van der Waals surface area contributed by atoms with E-state index in [0.717, 1.165) is 6.42 Å². The van der Waals surface area contributed by atoms with Crippen LogP contribution in [0.1, 0.15) is 12.5 Å². The normalized spacial score (nSPS) is 12.4. The van der Waals surface area contributed by atoms with E-state index in [1.54, 1.807) is 0 Å². The number of hydrogen-bond donors (Lipinski definition) is 1. The summed E-state index contributed by atoms with van der Waals surface area (Å²) in [4.78, 5) is 1.99. The van der Waals surface area contributed by atoms with Crippen molar-refractivity contribution in [2.24, 2.45) is 0 Å². The van der Waals surface area contributed by atoms with Crippen LogP contribution < -0.4 is 0 Å². The van der Waals surface area contributed by atoms with Gasteiger partial charge >= 0.3 is 0 Å². The van der Waals surface area contributed by atoms with Gasteiger partial charge in [-0.1, -0.05) is 30.3 Å². The first kappa shape index (κ1) is 12.7. The minimum Gasteiger partial charge on any atom is -0.395 e. The molecule has 1 aromatic carbocycles. The van der Waals surface area contributed by atoms with Crippen molar-refractivity contribution in [3.8, 4) is 6.07 Å². The second-order valence-electron chi connectivity index (χ2n) is 3.89. The van der Waals surface area contributed by atoms with Gasteiger partial charge in [0.05, 0.1) is 19.2 Å². The first-order chi connectivity index (χ1) is 7.77. The largest absolute Gasteiger partial charge is 0.395 e. The Kier molecular flexibility index (Phi) is 5.55. The van der Waals surface area contributed by atoms with Crippen LogP contribution in [0.15, 0.2) is 30.3 Å². The van der Waals surface area contributed by atoms with Gasteiger partial charge in [-0.3, -0.25) is 4.90 Å². The van der Waals surface area contributed by atoms with E-state index in [2.05, 4.69) is 25.1 Å². The molecule has 0 saturated heterocycles. The molecule has 3 heteroatoms. The number of nitriles is 1. The molecule has 0 saturated carbocycles. The number of nitrogens with zero attached hydrogens (tertiary/aromatic N) is 2. The maximum Gasteiger partial charge on any atom is 0.0869 e. The zero-order chi connectivity index (χ0) is 11.8. The quantitative estimate of drug-likeness (QED) is 0.735. The van der Waals surface area contributed by atoms with Crippen molar-refractivity contribution in [2.75, 3.05) is 19.7 Å². The third-order valence-electron chi connectivity index (χ3n) is 2.66. The zero-order valence-corrected chi connectivity index (χ0v) is 9.63. The minimum absolute atomic E-state index is 0.0980. The van der Waals surface area contributed by atoms with Crippen LogP contribution >= 0.6 is 0 Å². The summed E-state index contributed by atoms with van der Waals surface area (Å²) in [6.45, 7) is 3.11. The Morgan fingerprint density at radius 3 is 2.62 bits per heavy atom. The van der Waals surface area contributed by atoms with Crippen LogP contribution in [0, 0.1) is 11.3 Å². The predicted octanol–water partition coefficient (Wildman–Crippen LogP) is 1.44. The molecule has 0 unspecified atom stereocenters. The molecule has 1 N–H and O–H groups in total. The van der Waals surface area contributed by atoms with E-state index in [4.69, 9.17) is 10.4 Å². The Balaban J connectivity index is 2.55. The summed E-state index contributed by atoms with van der Waals surface area (Å²) in [7, 11) is 0. The highest BCUT2D eigenvalue weighted by Crippen LogP contribution is 2.08. The van der Waals surface area contributed by atoms with Crippen molar-refractivity contribution in [3.05, 3.63) is 35.9 Å². The second kappa shape index (κ2) is 7.00. The molecular formula is C13H18N2O. The highest BCUT2D eigenvalue weighted by molar-refractivity contribution is 5.15. The van der Waals surface area contributed by atoms with E-state index in [1.165, 1.54) is 5.56 Å². The smallest absolute Gasteiger partial charge is 0.0869 e. The monoisotopic (exact) mass is 218 g/mol. The summed E-state index contributed by atoms with van der Waals surface area (Å²) in [5.74, 6) is 0. The second-order valence-corrected chi connectivity index (χ2v) is 3.89. The predicted molar refractivity (Wildman–Crippen MR) is 63.9 cm³/mol. The molecule has 0 heterocycles. The average Bonchev–Trinajstić information content (AvgIpc) is 2.30. The van der Waals surface area contributed by atoms with E-state index < -0.39 is 0 Å². The maximum absolute atomic E-state index is 8.93. The van der Waals surface area contributed by atoms with Crippen LogP contribution in [0.4, 0.5) is 0 Å². The molecule has 0 aliphatic carbocycles. The number of aliphatic hydroxyl groups excluding tert-OH is 1. The Hall–Kier alpha value is -1.37. The average molecular weight is 218 g/mol. The van der Waals surface area contributed by atoms with Crippen LogP contribution in [0.3, 0.4) is 0 Å². The van der Waals surface area contributed by atoms with Crippen molar-refractivity contribution < 1.29 is 5.11 Å². The summed E-state index contributed by atoms with van der Waals surface area (Å²) in [5.41, 5.74) is 1.26. The van der Waals surface area contributed by atoms with Crippen molar-refractivity contribution >= 4 is 0 Å². The fraction of sp³-hybridized carbons (Fsp3) is 0.462. The summed E-state index contributed by atoms with van der Waals surface area (Å²) in [5, 5.41) is 17.6. The van der Waals surface area contributed by atoms with Crippen molar-refractivity contribution in [1.29, 1.82) is 5.26 Å². The molecule has 0 aliphatic heterocycles. The van der Waals surface area contributed by atoms with Crippen LogP contribution in [-0.2, 0) is 6.42 Å². The standard InChI is InChI=1S/C13H18N2O/c1-12(15(8-7-14)9-10-16)11-13-5-3-2-4-6-13/h2-6,12,16H,8-11H2,1H3/t12-/m1/s1. The fourth-order valence-electron chi connectivity index (χ4n) is 1.76. The van der Waals surface area contributed by atoms with Gasteiger partial charge in [0.25, 0.3) is 0 Å². The third kappa shape index (κ3) is 4.01. The summed E-state index contributed by atoms with van der Waals surface area (Å²) < 4.78 is 0. The van der Waals surface area contributed by atoms with Gasteiger partial charge < -0.3 is 5.11 Å². The van der Waals surface area contributed by atoms with E-state index in [-0.39, 0.29) is 12.6 Å². The lowest BCUT2D eigenvalue weighted by Crippen LogP contribution is -2.37. The molecule has 0 radical (unpaired) electrons. The molecule has 16 heavy (non-hydrogen) atoms.